The molecule has 0 aliphatic carbocycles. The monoisotopic (exact) mass is 738 g/mol. The van der Waals surface area contributed by atoms with Gasteiger partial charge in [0.25, 0.3) is 0 Å². The fraction of sp³-hybridized carbons (Fsp3) is 0.743. The molecule has 52 heavy (non-hydrogen) atoms. The van der Waals surface area contributed by atoms with Crippen LogP contribution in [0.3, 0.4) is 0 Å². The van der Waals surface area contributed by atoms with Crippen LogP contribution in [0.25, 0.3) is 0 Å². The topological polar surface area (TPSA) is 193 Å². The maximum absolute atomic E-state index is 12.5. The van der Waals surface area contributed by atoms with E-state index in [2.05, 4.69) is 16.0 Å². The highest BCUT2D eigenvalue weighted by atomic mass is 16.7. The van der Waals surface area contributed by atoms with Crippen LogP contribution < -0.4 is 20.7 Å². The number of benzene rings is 1. The number of hydrogen-bond acceptors (Lipinski definition) is 13. The smallest absolute Gasteiger partial charge is 0.317 e. The van der Waals surface area contributed by atoms with E-state index in [1.165, 1.54) is 0 Å². The van der Waals surface area contributed by atoms with Crippen LogP contribution in [0.15, 0.2) is 24.3 Å². The fourth-order valence-corrected chi connectivity index (χ4v) is 5.86. The number of esters is 1. The molecule has 4 rings (SSSR count). The molecule has 1 aromatic carbocycles. The largest absolute Gasteiger partial charge is 0.491 e. The minimum absolute atomic E-state index is 0.0983. The number of rotatable bonds is 20. The molecule has 17 heteroatoms. The number of nitrogens with zero attached hydrogens (tertiary/aromatic N) is 3. The molecule has 0 radical (unpaired) electrons. The number of ether oxygens (including phenoxy) is 6. The Morgan fingerprint density at radius 1 is 0.904 bits per heavy atom. The van der Waals surface area contributed by atoms with Crippen LogP contribution in [0.4, 0.5) is 9.59 Å². The second-order valence-corrected chi connectivity index (χ2v) is 13.5. The first-order chi connectivity index (χ1) is 25.1. The highest BCUT2D eigenvalue weighted by Gasteiger charge is 2.34. The quantitative estimate of drug-likeness (QED) is 0.0842. The summed E-state index contributed by atoms with van der Waals surface area (Å²) in [7, 11) is 0. The highest BCUT2D eigenvalue weighted by molar-refractivity contribution is 5.74. The Morgan fingerprint density at radius 3 is 2.15 bits per heavy atom. The van der Waals surface area contributed by atoms with Gasteiger partial charge in [-0.05, 0) is 38.0 Å². The van der Waals surface area contributed by atoms with E-state index in [9.17, 15) is 24.6 Å². The Balaban J connectivity index is 1.08. The van der Waals surface area contributed by atoms with Gasteiger partial charge in [0.05, 0.1) is 39.1 Å². The Labute approximate surface area is 306 Å². The summed E-state index contributed by atoms with van der Waals surface area (Å²) < 4.78 is 33.3. The lowest BCUT2D eigenvalue weighted by Crippen LogP contribution is -2.49. The Morgan fingerprint density at radius 2 is 1.54 bits per heavy atom. The second kappa shape index (κ2) is 22.0. The van der Waals surface area contributed by atoms with Gasteiger partial charge in [0, 0.05) is 78.4 Å². The van der Waals surface area contributed by atoms with E-state index in [1.54, 1.807) is 21.9 Å². The lowest BCUT2D eigenvalue weighted by Gasteiger charge is -2.29. The van der Waals surface area contributed by atoms with E-state index in [-0.39, 0.29) is 44.3 Å². The minimum atomic E-state index is -0.933. The van der Waals surface area contributed by atoms with E-state index >= 15 is 0 Å². The average molecular weight is 739 g/mol. The SMILES string of the molecule is CC1(C)OC[C@H](CN(CCNC(=O)N2CCOCC2)C[C@H](O)COC(=O)CCc2ccc(OC[C@@H](O)CNCCNC(=O)N3CCOCC3)cc2)O1. The predicted molar refractivity (Wildman–Crippen MR) is 189 cm³/mol. The summed E-state index contributed by atoms with van der Waals surface area (Å²) in [6.07, 6.45) is -1.27. The molecule has 3 aliphatic rings. The third-order valence-electron chi connectivity index (χ3n) is 8.68. The Kier molecular flexibility index (Phi) is 17.6. The molecule has 4 amide bonds. The third kappa shape index (κ3) is 15.8. The maximum atomic E-state index is 12.5. The molecule has 1 aromatic rings. The zero-order chi connectivity index (χ0) is 37.2. The molecule has 0 unspecified atom stereocenters. The van der Waals surface area contributed by atoms with Crippen molar-refractivity contribution in [3.05, 3.63) is 29.8 Å². The van der Waals surface area contributed by atoms with Crippen molar-refractivity contribution in [1.82, 2.24) is 30.7 Å². The molecule has 5 N–H and O–H groups in total. The number of nitrogens with one attached hydrogen (secondary N) is 3. The first-order valence-electron chi connectivity index (χ1n) is 18.3. The van der Waals surface area contributed by atoms with Gasteiger partial charge in [-0.3, -0.25) is 9.69 Å². The summed E-state index contributed by atoms with van der Waals surface area (Å²) >= 11 is 0. The number of aliphatic hydroxyl groups excluding tert-OH is 2. The number of carbonyl (C=O) groups excluding carboxylic acids is 3. The van der Waals surface area contributed by atoms with Crippen molar-refractivity contribution in [2.24, 2.45) is 0 Å². The predicted octanol–water partition coefficient (Wildman–Crippen LogP) is -0.610. The molecular formula is C35H58N6O11. The zero-order valence-corrected chi connectivity index (χ0v) is 30.6. The molecule has 17 nitrogen and oxygen atoms in total. The summed E-state index contributed by atoms with van der Waals surface area (Å²) in [6, 6.07) is 7.01. The number of amides is 4. The summed E-state index contributed by atoms with van der Waals surface area (Å²) in [5.74, 6) is -0.515. The lowest BCUT2D eigenvalue weighted by molar-refractivity contribution is -0.148. The first-order valence-corrected chi connectivity index (χ1v) is 18.3. The van der Waals surface area contributed by atoms with Crippen molar-refractivity contribution in [3.8, 4) is 5.75 Å². The van der Waals surface area contributed by atoms with E-state index in [4.69, 9.17) is 28.4 Å². The van der Waals surface area contributed by atoms with Crippen LogP contribution >= 0.6 is 0 Å². The van der Waals surface area contributed by atoms with Gasteiger partial charge in [0.1, 0.15) is 31.2 Å². The zero-order valence-electron chi connectivity index (χ0n) is 30.6. The van der Waals surface area contributed by atoms with E-state index in [0.29, 0.717) is 111 Å². The van der Waals surface area contributed by atoms with E-state index in [0.717, 1.165) is 5.56 Å². The number of aryl methyl sites for hydroxylation is 1. The van der Waals surface area contributed by atoms with Crippen LogP contribution in [0.2, 0.25) is 0 Å². The lowest BCUT2D eigenvalue weighted by atomic mass is 10.1. The first kappa shape index (κ1) is 41.5. The van der Waals surface area contributed by atoms with Crippen LogP contribution in [-0.4, -0.2) is 185 Å². The molecule has 3 saturated heterocycles. The van der Waals surface area contributed by atoms with Crippen LogP contribution in [0, 0.1) is 0 Å². The number of aliphatic hydroxyl groups is 2. The molecule has 3 aliphatic heterocycles. The van der Waals surface area contributed by atoms with Crippen LogP contribution in [0.1, 0.15) is 25.8 Å². The summed E-state index contributed by atoms with van der Waals surface area (Å²) in [6.45, 7) is 11.3. The minimum Gasteiger partial charge on any atom is -0.491 e. The number of morpholine rings is 2. The van der Waals surface area contributed by atoms with Crippen molar-refractivity contribution in [2.45, 2.75) is 50.8 Å². The molecule has 3 fully saturated rings. The summed E-state index contributed by atoms with van der Waals surface area (Å²) in [4.78, 5) is 42.5. The summed E-state index contributed by atoms with van der Waals surface area (Å²) in [5.41, 5.74) is 0.915. The van der Waals surface area contributed by atoms with E-state index in [1.807, 2.05) is 30.9 Å². The van der Waals surface area contributed by atoms with Gasteiger partial charge in [-0.2, -0.15) is 0 Å². The molecule has 0 aromatic heterocycles. The van der Waals surface area contributed by atoms with Gasteiger partial charge >= 0.3 is 18.0 Å². The van der Waals surface area contributed by atoms with Gasteiger partial charge < -0.3 is 64.4 Å². The van der Waals surface area contributed by atoms with Crippen LogP contribution in [-0.2, 0) is 34.9 Å². The summed E-state index contributed by atoms with van der Waals surface area (Å²) in [5, 5.41) is 29.9. The van der Waals surface area contributed by atoms with Gasteiger partial charge in [0.15, 0.2) is 5.79 Å². The van der Waals surface area contributed by atoms with Gasteiger partial charge in [-0.1, -0.05) is 12.1 Å². The molecule has 0 spiro atoms. The molecule has 294 valence electrons. The van der Waals surface area contributed by atoms with Crippen molar-refractivity contribution in [1.29, 1.82) is 0 Å². The Bertz CT molecular complexity index is 1210. The highest BCUT2D eigenvalue weighted by Crippen LogP contribution is 2.23. The molecule has 3 atom stereocenters. The fourth-order valence-electron chi connectivity index (χ4n) is 5.86. The number of urea groups is 2. The van der Waals surface area contributed by atoms with Crippen molar-refractivity contribution in [3.63, 3.8) is 0 Å². The van der Waals surface area contributed by atoms with Crippen molar-refractivity contribution >= 4 is 18.0 Å². The average Bonchev–Trinajstić information content (AvgIpc) is 3.50. The van der Waals surface area contributed by atoms with Crippen LogP contribution in [0.5, 0.6) is 5.75 Å². The van der Waals surface area contributed by atoms with Crippen molar-refractivity contribution in [2.75, 3.05) is 118 Å². The molecule has 0 bridgehead atoms. The van der Waals surface area contributed by atoms with Crippen molar-refractivity contribution < 1.29 is 53.0 Å². The second-order valence-electron chi connectivity index (χ2n) is 13.5. The third-order valence-corrected chi connectivity index (χ3v) is 8.68. The maximum Gasteiger partial charge on any atom is 0.317 e. The normalized spacial score (nSPS) is 20.0. The molecule has 0 saturated carbocycles. The Hall–Kier alpha value is -3.29. The molecule has 3 heterocycles. The van der Waals surface area contributed by atoms with Gasteiger partial charge in [0.2, 0.25) is 0 Å². The molecular weight excluding hydrogens is 680 g/mol. The van der Waals surface area contributed by atoms with E-state index < -0.39 is 24.0 Å². The standard InChI is InChI=1S/C35H58N6O11/c1-35(2)51-26-31(52-35)23-39(12-11-38-34(46)41-15-19-48-20-16-41)22-29(43)25-50-32(44)8-5-27-3-6-30(7-4-27)49-24-28(42)21-36-9-10-37-33(45)40-13-17-47-18-14-40/h3-4,6-7,28-29,31,36,42-43H,5,8-26H2,1-2H3,(H,37,45)(H,38,46)/t28-,29-,31-/m0/s1. The van der Waals surface area contributed by atoms with Gasteiger partial charge in [-0.15, -0.1) is 0 Å². The number of hydrogen-bond donors (Lipinski definition) is 5. The van der Waals surface area contributed by atoms with Gasteiger partial charge in [-0.25, -0.2) is 9.59 Å². The number of carbonyl (C=O) groups is 3.